The number of hydrogen-bond donors (Lipinski definition) is 1. The molecular weight excluding hydrogens is 316 g/mol. The van der Waals surface area contributed by atoms with E-state index in [-0.39, 0.29) is 10.8 Å². The Morgan fingerprint density at radius 3 is 2.65 bits per heavy atom. The van der Waals surface area contributed by atoms with Crippen molar-refractivity contribution in [3.8, 4) is 0 Å². The zero-order chi connectivity index (χ0) is 16.8. The van der Waals surface area contributed by atoms with E-state index in [1.807, 2.05) is 6.92 Å². The highest BCUT2D eigenvalue weighted by Crippen LogP contribution is 2.32. The number of carbonyl (C=O) groups excluding carboxylic acids is 1. The van der Waals surface area contributed by atoms with Crippen LogP contribution in [-0.4, -0.2) is 27.9 Å². The summed E-state index contributed by atoms with van der Waals surface area (Å²) >= 11 is 0. The van der Waals surface area contributed by atoms with Crippen molar-refractivity contribution in [3.63, 3.8) is 0 Å². The van der Waals surface area contributed by atoms with Gasteiger partial charge in [0.25, 0.3) is 5.91 Å². The minimum absolute atomic E-state index is 0.114. The summed E-state index contributed by atoms with van der Waals surface area (Å²) in [6.07, 6.45) is 2.20. The van der Waals surface area contributed by atoms with Crippen LogP contribution in [0.1, 0.15) is 27.2 Å². The maximum absolute atomic E-state index is 12.8. The Labute approximate surface area is 135 Å². The Morgan fingerprint density at radius 2 is 2.04 bits per heavy atom. The van der Waals surface area contributed by atoms with E-state index >= 15 is 0 Å². The lowest BCUT2D eigenvalue weighted by Crippen LogP contribution is -2.29. The number of furan rings is 1. The van der Waals surface area contributed by atoms with Gasteiger partial charge in [0.2, 0.25) is 10.0 Å². The summed E-state index contributed by atoms with van der Waals surface area (Å²) in [5.74, 6) is 0.479. The van der Waals surface area contributed by atoms with E-state index in [4.69, 9.17) is 4.42 Å². The van der Waals surface area contributed by atoms with Gasteiger partial charge >= 0.3 is 0 Å². The molecule has 1 aliphatic rings. The summed E-state index contributed by atoms with van der Waals surface area (Å²) in [7, 11) is -2.10. The molecule has 0 fully saturated rings. The minimum Gasteiger partial charge on any atom is -0.469 e. The number of anilines is 1. The molecule has 23 heavy (non-hydrogen) atoms. The van der Waals surface area contributed by atoms with Gasteiger partial charge in [-0.2, -0.15) is 0 Å². The molecule has 0 saturated carbocycles. The number of benzene rings is 1. The minimum atomic E-state index is -3.48. The van der Waals surface area contributed by atoms with E-state index in [1.165, 1.54) is 13.1 Å². The molecule has 2 aromatic rings. The number of hydrogen-bond acceptors (Lipinski definition) is 4. The monoisotopic (exact) mass is 334 g/mol. The Kier molecular flexibility index (Phi) is 3.77. The van der Waals surface area contributed by atoms with Crippen molar-refractivity contribution in [2.24, 2.45) is 0 Å². The molecule has 1 aromatic heterocycles. The summed E-state index contributed by atoms with van der Waals surface area (Å²) in [6.45, 7) is 4.13. The molecule has 1 N–H and O–H groups in total. The third-order valence-electron chi connectivity index (χ3n) is 4.14. The first-order valence-electron chi connectivity index (χ1n) is 7.28. The van der Waals surface area contributed by atoms with Gasteiger partial charge in [-0.05, 0) is 51.1 Å². The molecule has 0 bridgehead atoms. The summed E-state index contributed by atoms with van der Waals surface area (Å²) in [5, 5.41) is 0. The van der Waals surface area contributed by atoms with Gasteiger partial charge in [0.05, 0.1) is 16.7 Å². The van der Waals surface area contributed by atoms with Crippen molar-refractivity contribution >= 4 is 21.6 Å². The van der Waals surface area contributed by atoms with Crippen LogP contribution in [-0.2, 0) is 16.4 Å². The molecule has 1 aromatic carbocycles. The van der Waals surface area contributed by atoms with Gasteiger partial charge in [-0.3, -0.25) is 4.79 Å². The molecule has 0 unspecified atom stereocenters. The second-order valence-corrected chi connectivity index (χ2v) is 7.44. The number of nitrogens with zero attached hydrogens (tertiary/aromatic N) is 1. The van der Waals surface area contributed by atoms with Crippen molar-refractivity contribution in [3.05, 3.63) is 46.9 Å². The van der Waals surface area contributed by atoms with Crippen LogP contribution in [0.15, 0.2) is 33.8 Å². The van der Waals surface area contributed by atoms with Crippen LogP contribution in [0.3, 0.4) is 0 Å². The normalized spacial score (nSPS) is 14.1. The van der Waals surface area contributed by atoms with Gasteiger partial charge < -0.3 is 9.32 Å². The van der Waals surface area contributed by atoms with Gasteiger partial charge in [-0.25, -0.2) is 13.1 Å². The first-order valence-corrected chi connectivity index (χ1v) is 8.76. The van der Waals surface area contributed by atoms with Crippen LogP contribution in [0, 0.1) is 13.8 Å². The largest absolute Gasteiger partial charge is 0.469 e. The number of fused-ring (bicyclic) bond motifs is 1. The number of nitrogens with one attached hydrogen (secondary N) is 1. The fraction of sp³-hybridized carbons (Fsp3) is 0.312. The van der Waals surface area contributed by atoms with Gasteiger partial charge in [-0.15, -0.1) is 0 Å². The van der Waals surface area contributed by atoms with Gasteiger partial charge in [0.1, 0.15) is 5.76 Å². The van der Waals surface area contributed by atoms with Crippen LogP contribution in [0.2, 0.25) is 0 Å². The lowest BCUT2D eigenvalue weighted by Gasteiger charge is -2.17. The molecule has 0 spiro atoms. The molecular formula is C16H18N2O4S. The van der Waals surface area contributed by atoms with E-state index in [0.717, 1.165) is 16.8 Å². The molecule has 0 atom stereocenters. The third-order valence-corrected chi connectivity index (χ3v) is 5.56. The number of sulfonamides is 1. The first kappa shape index (κ1) is 15.8. The zero-order valence-electron chi connectivity index (χ0n) is 13.2. The average molecular weight is 334 g/mol. The van der Waals surface area contributed by atoms with Crippen LogP contribution in [0.5, 0.6) is 0 Å². The molecule has 3 rings (SSSR count). The van der Waals surface area contributed by atoms with Crippen molar-refractivity contribution in [1.29, 1.82) is 0 Å². The highest BCUT2D eigenvalue weighted by Gasteiger charge is 2.29. The van der Waals surface area contributed by atoms with Crippen LogP contribution < -0.4 is 9.62 Å². The van der Waals surface area contributed by atoms with Crippen LogP contribution in [0.4, 0.5) is 5.69 Å². The Balaban J connectivity index is 1.99. The van der Waals surface area contributed by atoms with Gasteiger partial charge in [0, 0.05) is 17.8 Å². The Morgan fingerprint density at radius 1 is 1.30 bits per heavy atom. The van der Waals surface area contributed by atoms with Crippen LogP contribution >= 0.6 is 0 Å². The van der Waals surface area contributed by atoms with Crippen molar-refractivity contribution in [2.75, 3.05) is 18.5 Å². The van der Waals surface area contributed by atoms with E-state index in [1.54, 1.807) is 30.2 Å². The third kappa shape index (κ3) is 2.55. The fourth-order valence-corrected chi connectivity index (χ4v) is 3.68. The molecule has 6 nitrogen and oxygen atoms in total. The van der Waals surface area contributed by atoms with E-state index in [2.05, 4.69) is 4.72 Å². The lowest BCUT2D eigenvalue weighted by molar-refractivity contribution is 0.0987. The van der Waals surface area contributed by atoms with Gasteiger partial charge in [0.15, 0.2) is 0 Å². The van der Waals surface area contributed by atoms with E-state index in [9.17, 15) is 13.2 Å². The topological polar surface area (TPSA) is 79.6 Å². The summed E-state index contributed by atoms with van der Waals surface area (Å²) in [5.41, 5.74) is 2.98. The predicted molar refractivity (Wildman–Crippen MR) is 86.3 cm³/mol. The number of rotatable bonds is 3. The molecule has 1 aliphatic heterocycles. The molecule has 1 amide bonds. The Hall–Kier alpha value is -2.12. The van der Waals surface area contributed by atoms with E-state index < -0.39 is 10.0 Å². The zero-order valence-corrected chi connectivity index (χ0v) is 14.0. The number of amides is 1. The predicted octanol–water partition coefficient (Wildman–Crippen LogP) is 2.01. The highest BCUT2D eigenvalue weighted by molar-refractivity contribution is 7.89. The summed E-state index contributed by atoms with van der Waals surface area (Å²) < 4.78 is 31.4. The van der Waals surface area contributed by atoms with Gasteiger partial charge in [-0.1, -0.05) is 0 Å². The summed E-state index contributed by atoms with van der Waals surface area (Å²) in [6, 6.07) is 4.84. The molecule has 2 heterocycles. The van der Waals surface area contributed by atoms with Crippen molar-refractivity contribution in [1.82, 2.24) is 4.72 Å². The van der Waals surface area contributed by atoms with Crippen LogP contribution in [0.25, 0.3) is 0 Å². The van der Waals surface area contributed by atoms with Crippen molar-refractivity contribution < 1.29 is 17.6 Å². The Bertz CT molecular complexity index is 864. The average Bonchev–Trinajstić information content (AvgIpc) is 3.09. The summed E-state index contributed by atoms with van der Waals surface area (Å²) in [4.78, 5) is 14.7. The second kappa shape index (κ2) is 5.50. The standard InChI is InChI=1S/C16H18N2O4S/c1-10-9-22-11(2)15(10)16(19)18-7-6-12-8-13(4-5-14(12)18)23(20,21)17-3/h4-5,8-9,17H,6-7H2,1-3H3. The van der Waals surface area contributed by atoms with E-state index in [0.29, 0.717) is 24.3 Å². The SMILES string of the molecule is CNS(=O)(=O)c1ccc2c(c1)CCN2C(=O)c1c(C)coc1C. The maximum Gasteiger partial charge on any atom is 0.262 e. The molecule has 0 saturated heterocycles. The van der Waals surface area contributed by atoms with Crippen molar-refractivity contribution in [2.45, 2.75) is 25.2 Å². The highest BCUT2D eigenvalue weighted by atomic mass is 32.2. The molecule has 0 radical (unpaired) electrons. The molecule has 0 aliphatic carbocycles. The molecule has 122 valence electrons. The second-order valence-electron chi connectivity index (χ2n) is 5.55. The smallest absolute Gasteiger partial charge is 0.262 e. The first-order chi connectivity index (χ1) is 10.8. The fourth-order valence-electron chi connectivity index (χ4n) is 2.90. The number of carbonyl (C=O) groups is 1. The number of aryl methyl sites for hydroxylation is 2. The maximum atomic E-state index is 12.8. The molecule has 7 heteroatoms. The quantitative estimate of drug-likeness (QED) is 0.931. The lowest BCUT2D eigenvalue weighted by atomic mass is 10.1.